The molecule has 11 heteroatoms. The summed E-state index contributed by atoms with van der Waals surface area (Å²) in [6.07, 6.45) is 6.67. The average Bonchev–Trinajstić information content (AvgIpc) is 3.27. The van der Waals surface area contributed by atoms with E-state index < -0.39 is 29.6 Å². The number of rotatable bonds is 7. The normalized spacial score (nSPS) is 21.0. The first-order valence-electron chi connectivity index (χ1n) is 13.4. The van der Waals surface area contributed by atoms with E-state index in [0.29, 0.717) is 42.6 Å². The largest absolute Gasteiger partial charge is 0.481 e. The highest BCUT2D eigenvalue weighted by molar-refractivity contribution is 6.29. The molecule has 2 aromatic heterocycles. The second-order valence-corrected chi connectivity index (χ2v) is 10.9. The molecule has 39 heavy (non-hydrogen) atoms. The van der Waals surface area contributed by atoms with E-state index in [1.807, 2.05) is 0 Å². The summed E-state index contributed by atoms with van der Waals surface area (Å²) in [6.45, 7) is 0. The lowest BCUT2D eigenvalue weighted by molar-refractivity contribution is -0.142. The highest BCUT2D eigenvalue weighted by Crippen LogP contribution is 2.41. The number of hydrogen-bond donors (Lipinski definition) is 2. The molecule has 208 valence electrons. The Morgan fingerprint density at radius 2 is 1.74 bits per heavy atom. The Bertz CT molecular complexity index is 1380. The highest BCUT2D eigenvalue weighted by Gasteiger charge is 2.37. The second-order valence-electron chi connectivity index (χ2n) is 10.5. The maximum atomic E-state index is 14.6. The van der Waals surface area contributed by atoms with Crippen molar-refractivity contribution in [1.29, 1.82) is 0 Å². The van der Waals surface area contributed by atoms with Crippen LogP contribution in [0.25, 0.3) is 22.4 Å². The first-order chi connectivity index (χ1) is 18.8. The van der Waals surface area contributed by atoms with Gasteiger partial charge in [-0.15, -0.1) is 0 Å². The van der Waals surface area contributed by atoms with Crippen LogP contribution in [0, 0.1) is 23.5 Å². The fourth-order valence-corrected chi connectivity index (χ4v) is 6.21. The maximum Gasteiger partial charge on any atom is 0.306 e. The van der Waals surface area contributed by atoms with E-state index in [9.17, 15) is 23.5 Å². The predicted octanol–water partition coefficient (Wildman–Crippen LogP) is 5.92. The minimum atomic E-state index is -1.04. The van der Waals surface area contributed by atoms with Crippen LogP contribution >= 0.6 is 11.6 Å². The molecule has 2 fully saturated rings. The van der Waals surface area contributed by atoms with Crippen LogP contribution in [0.1, 0.15) is 63.8 Å². The van der Waals surface area contributed by atoms with Gasteiger partial charge in [0.1, 0.15) is 17.0 Å². The lowest BCUT2D eigenvalue weighted by Crippen LogP contribution is -2.44. The van der Waals surface area contributed by atoms with Crippen molar-refractivity contribution >= 4 is 34.5 Å². The zero-order valence-electron chi connectivity index (χ0n) is 21.6. The number of methoxy groups -OCH3 is 1. The van der Waals surface area contributed by atoms with Crippen molar-refractivity contribution in [2.24, 2.45) is 11.8 Å². The molecule has 8 nitrogen and oxygen atoms in total. The minimum absolute atomic E-state index is 0.0652. The van der Waals surface area contributed by atoms with Gasteiger partial charge in [0.2, 0.25) is 11.8 Å². The molecule has 1 amide bonds. The summed E-state index contributed by atoms with van der Waals surface area (Å²) in [6, 6.07) is 4.43. The molecule has 0 saturated heterocycles. The molecule has 1 atom stereocenters. The molecule has 2 aliphatic carbocycles. The number of aliphatic carboxylic acids is 1. The first kappa shape index (κ1) is 27.3. The number of ether oxygens (including phenoxy) is 1. The maximum absolute atomic E-state index is 14.6. The van der Waals surface area contributed by atoms with Crippen LogP contribution in [0.5, 0.6) is 5.88 Å². The Morgan fingerprint density at radius 3 is 2.41 bits per heavy atom. The van der Waals surface area contributed by atoms with Gasteiger partial charge in [0, 0.05) is 18.2 Å². The Hall–Kier alpha value is -3.27. The Labute approximate surface area is 229 Å². The highest BCUT2D eigenvalue weighted by atomic mass is 35.5. The summed E-state index contributed by atoms with van der Waals surface area (Å²) in [5.74, 6) is -3.11. The number of amides is 1. The third-order valence-electron chi connectivity index (χ3n) is 8.06. The molecule has 2 aliphatic rings. The number of carboxylic acid groups (broad SMARTS) is 1. The van der Waals surface area contributed by atoms with Crippen LogP contribution < -0.4 is 10.1 Å². The summed E-state index contributed by atoms with van der Waals surface area (Å²) in [7, 11) is 1.44. The number of imidazole rings is 1. The fraction of sp³-hybridized carbons (Fsp3) is 0.500. The quantitative estimate of drug-likeness (QED) is 0.347. The Kier molecular flexibility index (Phi) is 8.02. The molecule has 0 radical (unpaired) electrons. The molecule has 2 saturated carbocycles. The Balaban J connectivity index is 1.62. The standard InChI is InChI=1S/C28H31ClF2N4O4/c1-39-27-18(11-12-23(29)34-27)25-33-21-13-19(30)20(31)14-22(21)35(25)24(15-5-3-2-4-6-15)26(36)32-17-9-7-16(8-10-17)28(37)38/h11-17,24H,2-10H2,1H3,(H,32,36)(H,37,38). The van der Waals surface area contributed by atoms with Crippen LogP contribution in [0.4, 0.5) is 8.78 Å². The molecular formula is C28H31ClF2N4O4. The van der Waals surface area contributed by atoms with E-state index in [0.717, 1.165) is 44.2 Å². The van der Waals surface area contributed by atoms with Crippen molar-refractivity contribution in [2.45, 2.75) is 69.9 Å². The van der Waals surface area contributed by atoms with Gasteiger partial charge in [-0.1, -0.05) is 30.9 Å². The van der Waals surface area contributed by atoms with Gasteiger partial charge in [0.05, 0.1) is 29.6 Å². The number of carbonyl (C=O) groups is 2. The third-order valence-corrected chi connectivity index (χ3v) is 8.27. The number of carboxylic acids is 1. The van der Waals surface area contributed by atoms with Gasteiger partial charge in [-0.25, -0.2) is 18.7 Å². The molecule has 0 bridgehead atoms. The molecule has 2 heterocycles. The van der Waals surface area contributed by atoms with Gasteiger partial charge in [-0.05, 0) is 56.6 Å². The number of nitrogens with one attached hydrogen (secondary N) is 1. The number of benzene rings is 1. The monoisotopic (exact) mass is 560 g/mol. The van der Waals surface area contributed by atoms with Crippen LogP contribution in [0.2, 0.25) is 5.15 Å². The van der Waals surface area contributed by atoms with E-state index in [4.69, 9.17) is 16.3 Å². The van der Waals surface area contributed by atoms with Crippen LogP contribution in [0.15, 0.2) is 24.3 Å². The molecule has 1 aromatic carbocycles. The Morgan fingerprint density at radius 1 is 1.05 bits per heavy atom. The van der Waals surface area contributed by atoms with Crippen LogP contribution in [-0.4, -0.2) is 44.7 Å². The third kappa shape index (κ3) is 5.57. The van der Waals surface area contributed by atoms with Crippen LogP contribution in [0.3, 0.4) is 0 Å². The molecule has 0 aliphatic heterocycles. The number of hydrogen-bond acceptors (Lipinski definition) is 5. The first-order valence-corrected chi connectivity index (χ1v) is 13.8. The zero-order valence-corrected chi connectivity index (χ0v) is 22.4. The van der Waals surface area contributed by atoms with E-state index >= 15 is 0 Å². The molecule has 2 N–H and O–H groups in total. The SMILES string of the molecule is COc1nc(Cl)ccc1-c1nc2cc(F)c(F)cc2n1C(C(=O)NC1CCC(C(=O)O)CC1)C1CCCCC1. The zero-order chi connectivity index (χ0) is 27.7. The summed E-state index contributed by atoms with van der Waals surface area (Å²) in [5.41, 5.74) is 0.937. The summed E-state index contributed by atoms with van der Waals surface area (Å²) < 4.78 is 36.1. The van der Waals surface area contributed by atoms with E-state index in [2.05, 4.69) is 15.3 Å². The van der Waals surface area contributed by atoms with Crippen LogP contribution in [-0.2, 0) is 9.59 Å². The lowest BCUT2D eigenvalue weighted by Gasteiger charge is -2.34. The number of pyridine rings is 1. The van der Waals surface area contributed by atoms with E-state index in [1.165, 1.54) is 7.11 Å². The summed E-state index contributed by atoms with van der Waals surface area (Å²) in [5, 5.41) is 12.7. The van der Waals surface area contributed by atoms with E-state index in [1.54, 1.807) is 16.7 Å². The predicted molar refractivity (Wildman–Crippen MR) is 142 cm³/mol. The smallest absolute Gasteiger partial charge is 0.306 e. The van der Waals surface area contributed by atoms with Crippen molar-refractivity contribution in [1.82, 2.24) is 19.9 Å². The number of carbonyl (C=O) groups excluding carboxylic acids is 1. The molecule has 0 spiro atoms. The van der Waals surface area contributed by atoms with Gasteiger partial charge in [-0.3, -0.25) is 9.59 Å². The topological polar surface area (TPSA) is 106 Å². The van der Waals surface area contributed by atoms with Crippen molar-refractivity contribution in [3.8, 4) is 17.3 Å². The average molecular weight is 561 g/mol. The molecule has 3 aromatic rings. The van der Waals surface area contributed by atoms with Gasteiger partial charge in [-0.2, -0.15) is 0 Å². The molecule has 5 rings (SSSR count). The second kappa shape index (κ2) is 11.5. The summed E-state index contributed by atoms with van der Waals surface area (Å²) >= 11 is 6.10. The van der Waals surface area contributed by atoms with Crippen molar-refractivity contribution < 1.29 is 28.2 Å². The van der Waals surface area contributed by atoms with Gasteiger partial charge in [0.25, 0.3) is 0 Å². The molecular weight excluding hydrogens is 530 g/mol. The van der Waals surface area contributed by atoms with Crippen molar-refractivity contribution in [2.75, 3.05) is 7.11 Å². The van der Waals surface area contributed by atoms with Gasteiger partial charge < -0.3 is 19.7 Å². The molecule has 1 unspecified atom stereocenters. The van der Waals surface area contributed by atoms with Gasteiger partial charge in [0.15, 0.2) is 11.6 Å². The number of halogens is 3. The number of nitrogens with zero attached hydrogens (tertiary/aromatic N) is 3. The number of fused-ring (bicyclic) bond motifs is 1. The van der Waals surface area contributed by atoms with Crippen molar-refractivity contribution in [3.05, 3.63) is 41.1 Å². The minimum Gasteiger partial charge on any atom is -0.481 e. The van der Waals surface area contributed by atoms with E-state index in [-0.39, 0.29) is 34.4 Å². The summed E-state index contributed by atoms with van der Waals surface area (Å²) in [4.78, 5) is 34.4. The number of aromatic nitrogens is 3. The lowest BCUT2D eigenvalue weighted by atomic mass is 9.82. The van der Waals surface area contributed by atoms with Crippen molar-refractivity contribution in [3.63, 3.8) is 0 Å². The fourth-order valence-electron chi connectivity index (χ4n) is 6.07. The van der Waals surface area contributed by atoms with Gasteiger partial charge >= 0.3 is 5.97 Å².